The summed E-state index contributed by atoms with van der Waals surface area (Å²) in [6.45, 7) is 8.50. The predicted octanol–water partition coefficient (Wildman–Crippen LogP) is 5.52. The third kappa shape index (κ3) is 6.53. The van der Waals surface area contributed by atoms with E-state index in [0.717, 1.165) is 10.3 Å². The summed E-state index contributed by atoms with van der Waals surface area (Å²) in [5.41, 5.74) is 1.05. The molecule has 2 amide bonds. The first kappa shape index (κ1) is 32.8. The highest BCUT2D eigenvalue weighted by molar-refractivity contribution is 9.10. The maximum Gasteiger partial charge on any atom is 0.410 e. The van der Waals surface area contributed by atoms with Gasteiger partial charge in [-0.1, -0.05) is 23.2 Å². The number of aryl methyl sites for hydroxylation is 1. The molecule has 0 spiro atoms. The van der Waals surface area contributed by atoms with E-state index >= 15 is 0 Å². The van der Waals surface area contributed by atoms with E-state index in [4.69, 9.17) is 32.7 Å². The zero-order valence-electron chi connectivity index (χ0n) is 24.8. The van der Waals surface area contributed by atoms with Crippen LogP contribution in [0.3, 0.4) is 0 Å². The number of rotatable bonds is 6. The van der Waals surface area contributed by atoms with Gasteiger partial charge in [0.2, 0.25) is 15.9 Å². The van der Waals surface area contributed by atoms with Gasteiger partial charge in [0.05, 0.1) is 10.7 Å². The molecule has 15 heteroatoms. The van der Waals surface area contributed by atoms with Crippen LogP contribution in [0.5, 0.6) is 5.75 Å². The normalized spacial score (nSPS) is 18.2. The van der Waals surface area contributed by atoms with Crippen molar-refractivity contribution in [3.63, 3.8) is 0 Å². The molecule has 0 aliphatic carbocycles. The van der Waals surface area contributed by atoms with E-state index in [1.807, 2.05) is 17.5 Å². The van der Waals surface area contributed by atoms with Crippen LogP contribution in [0.4, 0.5) is 4.79 Å². The second-order valence-electron chi connectivity index (χ2n) is 11.7. The molecule has 0 saturated carbocycles. The average molecular weight is 731 g/mol. The minimum absolute atomic E-state index is 0.0609. The summed E-state index contributed by atoms with van der Waals surface area (Å²) in [5, 5.41) is 0.188. The Bertz CT molecular complexity index is 1700. The van der Waals surface area contributed by atoms with E-state index in [1.165, 1.54) is 16.4 Å². The Balaban J connectivity index is 1.32. The van der Waals surface area contributed by atoms with Crippen molar-refractivity contribution in [1.82, 2.24) is 23.5 Å². The van der Waals surface area contributed by atoms with E-state index in [1.54, 1.807) is 42.7 Å². The largest absolute Gasteiger partial charge is 0.485 e. The van der Waals surface area contributed by atoms with Gasteiger partial charge in [0.15, 0.2) is 11.4 Å². The number of hydrogen-bond acceptors (Lipinski definition) is 7. The van der Waals surface area contributed by atoms with Crippen molar-refractivity contribution in [1.29, 1.82) is 0 Å². The molecular formula is C29H34BrCl2N5O6S. The van der Waals surface area contributed by atoms with Crippen LogP contribution in [-0.4, -0.2) is 88.3 Å². The summed E-state index contributed by atoms with van der Waals surface area (Å²) in [5.74, 6) is 0.177. The number of imidazole rings is 1. The minimum atomic E-state index is -4.17. The third-order valence-corrected chi connectivity index (χ3v) is 11.4. The van der Waals surface area contributed by atoms with Crippen molar-refractivity contribution in [3.05, 3.63) is 56.4 Å². The molecule has 3 aromatic rings. The van der Waals surface area contributed by atoms with E-state index in [-0.39, 0.29) is 47.1 Å². The van der Waals surface area contributed by atoms with Crippen LogP contribution in [-0.2, 0) is 26.2 Å². The van der Waals surface area contributed by atoms with Gasteiger partial charge < -0.3 is 19.3 Å². The van der Waals surface area contributed by atoms with Crippen molar-refractivity contribution >= 4 is 66.8 Å². The number of sulfonamides is 1. The average Bonchev–Trinajstić information content (AvgIpc) is 3.57. The smallest absolute Gasteiger partial charge is 0.410 e. The molecule has 11 nitrogen and oxygen atoms in total. The van der Waals surface area contributed by atoms with Gasteiger partial charge in [-0.05, 0) is 80.7 Å². The molecule has 2 aliphatic rings. The topological polar surface area (TPSA) is 114 Å². The van der Waals surface area contributed by atoms with Crippen LogP contribution in [0.1, 0.15) is 44.9 Å². The third-order valence-electron chi connectivity index (χ3n) is 7.56. The molecule has 2 saturated heterocycles. The molecule has 0 radical (unpaired) electrons. The monoisotopic (exact) mass is 729 g/mol. The number of nitrogens with zero attached hydrogens (tertiary/aromatic N) is 5. The first-order chi connectivity index (χ1) is 20.7. The fourth-order valence-electron chi connectivity index (χ4n) is 5.34. The highest BCUT2D eigenvalue weighted by atomic mass is 79.9. The predicted molar refractivity (Wildman–Crippen MR) is 170 cm³/mol. The number of fused-ring (bicyclic) bond motifs is 1. The van der Waals surface area contributed by atoms with Gasteiger partial charge >= 0.3 is 6.09 Å². The second-order valence-corrected chi connectivity index (χ2v) is 15.1. The number of aromatic nitrogens is 2. The first-order valence-electron chi connectivity index (χ1n) is 14.2. The molecule has 0 N–H and O–H groups in total. The Morgan fingerprint density at radius 3 is 2.43 bits per heavy atom. The number of ether oxygens (including phenoxy) is 2. The van der Waals surface area contributed by atoms with Gasteiger partial charge in [0.1, 0.15) is 27.7 Å². The second kappa shape index (κ2) is 12.7. The molecule has 1 atom stereocenters. The van der Waals surface area contributed by atoms with Gasteiger partial charge in [-0.15, -0.1) is 0 Å². The molecule has 4 heterocycles. The standard InChI is InChI=1S/C29H34BrCl2N5O6S/c1-18-25(30)36-11-6-8-22(26(36)33-18)42-17-19-20(31)9-10-23(24(19)32)44(40,41)37-12-5-7-21(37)27(38)34-13-15-35(16-14-34)28(39)43-29(2,3)4/h6,8-11,21H,5,7,12-17H2,1-4H3/t21-/m0/s1. The Kier molecular flexibility index (Phi) is 9.44. The highest BCUT2D eigenvalue weighted by Gasteiger charge is 2.43. The summed E-state index contributed by atoms with van der Waals surface area (Å²) in [7, 11) is -4.17. The lowest BCUT2D eigenvalue weighted by Gasteiger charge is -2.37. The Labute approximate surface area is 275 Å². The molecule has 44 heavy (non-hydrogen) atoms. The lowest BCUT2D eigenvalue weighted by atomic mass is 10.2. The van der Waals surface area contributed by atoms with Crippen molar-refractivity contribution < 1.29 is 27.5 Å². The lowest BCUT2D eigenvalue weighted by molar-refractivity contribution is -0.136. The first-order valence-corrected chi connectivity index (χ1v) is 17.2. The van der Waals surface area contributed by atoms with Gasteiger partial charge in [-0.25, -0.2) is 18.2 Å². The van der Waals surface area contributed by atoms with Crippen LogP contribution in [0.25, 0.3) is 5.65 Å². The summed E-state index contributed by atoms with van der Waals surface area (Å²) in [6, 6.07) is 5.52. The molecular weight excluding hydrogens is 697 g/mol. The van der Waals surface area contributed by atoms with Gasteiger partial charge in [0.25, 0.3) is 0 Å². The van der Waals surface area contributed by atoms with Crippen molar-refractivity contribution in [2.24, 2.45) is 0 Å². The minimum Gasteiger partial charge on any atom is -0.485 e. The number of carbonyl (C=O) groups excluding carboxylic acids is 2. The molecule has 2 aliphatic heterocycles. The number of pyridine rings is 1. The SMILES string of the molecule is Cc1nc2c(OCc3c(Cl)ccc(S(=O)(=O)N4CCC[C@H]4C(=O)N4CCN(C(=O)OC(C)(C)C)CC4)c3Cl)cccn2c1Br. The molecule has 0 unspecified atom stereocenters. The fraction of sp³-hybridized carbons (Fsp3) is 0.483. The van der Waals surface area contributed by atoms with E-state index in [2.05, 4.69) is 20.9 Å². The number of halogens is 3. The van der Waals surface area contributed by atoms with Gasteiger partial charge in [-0.2, -0.15) is 4.31 Å². The van der Waals surface area contributed by atoms with E-state index in [0.29, 0.717) is 42.9 Å². The molecule has 2 aromatic heterocycles. The summed E-state index contributed by atoms with van der Waals surface area (Å²) >= 11 is 16.7. The zero-order chi connectivity index (χ0) is 32.0. The fourth-order valence-corrected chi connectivity index (χ4v) is 8.23. The molecule has 238 valence electrons. The Morgan fingerprint density at radius 2 is 1.75 bits per heavy atom. The molecule has 0 bridgehead atoms. The number of amides is 2. The maximum atomic E-state index is 14.0. The lowest BCUT2D eigenvalue weighted by Crippen LogP contribution is -2.55. The van der Waals surface area contributed by atoms with Crippen LogP contribution in [0.2, 0.25) is 10.0 Å². The summed E-state index contributed by atoms with van der Waals surface area (Å²) < 4.78 is 43.3. The summed E-state index contributed by atoms with van der Waals surface area (Å²) in [4.78, 5) is 33.6. The molecule has 2 fully saturated rings. The van der Waals surface area contributed by atoms with Crippen molar-refractivity contribution in [3.8, 4) is 5.75 Å². The maximum absolute atomic E-state index is 14.0. The number of carbonyl (C=O) groups is 2. The van der Waals surface area contributed by atoms with E-state index < -0.39 is 27.8 Å². The van der Waals surface area contributed by atoms with Crippen LogP contribution in [0, 0.1) is 6.92 Å². The van der Waals surface area contributed by atoms with E-state index in [9.17, 15) is 18.0 Å². The quantitative estimate of drug-likeness (QED) is 0.328. The molecule has 5 rings (SSSR count). The van der Waals surface area contributed by atoms with Crippen LogP contribution >= 0.6 is 39.1 Å². The van der Waals surface area contributed by atoms with Crippen molar-refractivity contribution in [2.45, 2.75) is 63.7 Å². The zero-order valence-corrected chi connectivity index (χ0v) is 28.8. The van der Waals surface area contributed by atoms with Gasteiger partial charge in [-0.3, -0.25) is 9.20 Å². The number of hydrogen-bond donors (Lipinski definition) is 0. The number of benzene rings is 1. The number of piperazine rings is 1. The van der Waals surface area contributed by atoms with Gasteiger partial charge in [0, 0.05) is 49.5 Å². The van der Waals surface area contributed by atoms with Crippen LogP contribution in [0.15, 0.2) is 40.0 Å². The molecule has 1 aromatic carbocycles. The Morgan fingerprint density at radius 1 is 1.07 bits per heavy atom. The van der Waals surface area contributed by atoms with Crippen LogP contribution < -0.4 is 4.74 Å². The highest BCUT2D eigenvalue weighted by Crippen LogP contribution is 2.37. The van der Waals surface area contributed by atoms with Crippen molar-refractivity contribution in [2.75, 3.05) is 32.7 Å². The Hall–Kier alpha value is -2.58. The summed E-state index contributed by atoms with van der Waals surface area (Å²) in [6.07, 6.45) is 2.32.